The molecule has 1 saturated heterocycles. The van der Waals surface area contributed by atoms with E-state index < -0.39 is 0 Å². The van der Waals surface area contributed by atoms with E-state index in [1.165, 1.54) is 5.56 Å². The van der Waals surface area contributed by atoms with E-state index >= 15 is 0 Å². The largest absolute Gasteiger partial charge is 0.496 e. The van der Waals surface area contributed by atoms with Crippen LogP contribution in [0.4, 0.5) is 0 Å². The van der Waals surface area contributed by atoms with E-state index in [0.29, 0.717) is 18.2 Å². The number of hydrogen-bond donors (Lipinski definition) is 0. The average Bonchev–Trinajstić information content (AvgIpc) is 2.55. The van der Waals surface area contributed by atoms with Crippen LogP contribution in [0.3, 0.4) is 0 Å². The van der Waals surface area contributed by atoms with E-state index in [9.17, 15) is 0 Å². The molecule has 0 spiro atoms. The van der Waals surface area contributed by atoms with Crippen molar-refractivity contribution in [1.82, 2.24) is 4.90 Å². The molecule has 1 saturated carbocycles. The van der Waals surface area contributed by atoms with Gasteiger partial charge in [0, 0.05) is 31.8 Å². The van der Waals surface area contributed by atoms with Crippen LogP contribution in [0.5, 0.6) is 5.75 Å². The Morgan fingerprint density at radius 3 is 2.90 bits per heavy atom. The fourth-order valence-electron chi connectivity index (χ4n) is 3.61. The second-order valence-corrected chi connectivity index (χ2v) is 5.93. The molecular weight excluding hydrogens is 266 g/mol. The predicted molar refractivity (Wildman–Crippen MR) is 81.6 cm³/mol. The third kappa shape index (κ3) is 3.23. The van der Waals surface area contributed by atoms with Gasteiger partial charge in [-0.1, -0.05) is 18.2 Å². The van der Waals surface area contributed by atoms with E-state index in [1.54, 1.807) is 7.11 Å². The Hall–Kier alpha value is -1.10. The van der Waals surface area contributed by atoms with Gasteiger partial charge in [-0.25, -0.2) is 0 Å². The van der Waals surface area contributed by atoms with Crippen molar-refractivity contribution in [3.8, 4) is 5.75 Å². The highest BCUT2D eigenvalue weighted by atomic mass is 16.5. The lowest BCUT2D eigenvalue weighted by molar-refractivity contribution is -0.116. The van der Waals surface area contributed by atoms with Gasteiger partial charge in [-0.3, -0.25) is 4.90 Å². The van der Waals surface area contributed by atoms with Gasteiger partial charge in [0.15, 0.2) is 0 Å². The monoisotopic (exact) mass is 291 g/mol. The summed E-state index contributed by atoms with van der Waals surface area (Å²) in [5, 5.41) is 0. The van der Waals surface area contributed by atoms with Crippen molar-refractivity contribution in [2.24, 2.45) is 0 Å². The van der Waals surface area contributed by atoms with Crippen molar-refractivity contribution in [2.45, 2.75) is 44.1 Å². The summed E-state index contributed by atoms with van der Waals surface area (Å²) in [4.78, 5) is 2.54. The molecule has 4 heteroatoms. The Morgan fingerprint density at radius 2 is 2.10 bits per heavy atom. The summed E-state index contributed by atoms with van der Waals surface area (Å²) in [5.74, 6) is 0.972. The van der Waals surface area contributed by atoms with Gasteiger partial charge in [0.25, 0.3) is 0 Å². The number of fused-ring (bicyclic) bond motifs is 1. The van der Waals surface area contributed by atoms with Crippen LogP contribution < -0.4 is 4.74 Å². The predicted octanol–water partition coefficient (Wildman–Crippen LogP) is 2.46. The molecule has 1 aromatic carbocycles. The second-order valence-electron chi connectivity index (χ2n) is 5.93. The van der Waals surface area contributed by atoms with E-state index in [0.717, 1.165) is 44.7 Å². The fraction of sp³-hybridized carbons (Fsp3) is 0.647. The van der Waals surface area contributed by atoms with Crippen LogP contribution in [0.2, 0.25) is 0 Å². The third-order valence-electron chi connectivity index (χ3n) is 4.79. The number of nitrogens with zero attached hydrogens (tertiary/aromatic N) is 1. The summed E-state index contributed by atoms with van der Waals surface area (Å²) in [5.41, 5.74) is 1.25. The summed E-state index contributed by atoms with van der Waals surface area (Å²) in [6, 6.07) is 8.74. The number of benzene rings is 1. The highest BCUT2D eigenvalue weighted by molar-refractivity contribution is 5.33. The molecule has 0 N–H and O–H groups in total. The number of methoxy groups -OCH3 is 2. The maximum atomic E-state index is 5.97. The number of para-hydroxylation sites is 1. The Balaban J connectivity index is 1.74. The number of ether oxygens (including phenoxy) is 3. The van der Waals surface area contributed by atoms with E-state index in [1.807, 2.05) is 19.2 Å². The van der Waals surface area contributed by atoms with Crippen molar-refractivity contribution in [2.75, 3.05) is 27.4 Å². The van der Waals surface area contributed by atoms with Crippen LogP contribution in [0.25, 0.3) is 0 Å². The molecule has 1 aliphatic carbocycles. The minimum atomic E-state index is 0.361. The molecule has 3 atom stereocenters. The maximum Gasteiger partial charge on any atom is 0.123 e. The number of rotatable bonds is 4. The minimum Gasteiger partial charge on any atom is -0.496 e. The molecule has 2 aliphatic rings. The number of hydrogen-bond acceptors (Lipinski definition) is 4. The summed E-state index contributed by atoms with van der Waals surface area (Å²) in [7, 11) is 3.56. The summed E-state index contributed by atoms with van der Waals surface area (Å²) in [6.07, 6.45) is 4.01. The molecule has 0 radical (unpaired) electrons. The molecular formula is C17H25NO3. The molecule has 1 heterocycles. The Morgan fingerprint density at radius 1 is 1.24 bits per heavy atom. The highest BCUT2D eigenvalue weighted by Crippen LogP contribution is 2.32. The maximum absolute atomic E-state index is 5.97. The van der Waals surface area contributed by atoms with Crippen molar-refractivity contribution in [3.05, 3.63) is 29.8 Å². The van der Waals surface area contributed by atoms with Gasteiger partial charge >= 0.3 is 0 Å². The Labute approximate surface area is 127 Å². The third-order valence-corrected chi connectivity index (χ3v) is 4.79. The van der Waals surface area contributed by atoms with E-state index in [2.05, 4.69) is 17.0 Å². The lowest BCUT2D eigenvalue weighted by Gasteiger charge is -2.45. The van der Waals surface area contributed by atoms with Crippen LogP contribution in [0.15, 0.2) is 24.3 Å². The van der Waals surface area contributed by atoms with Gasteiger partial charge in [0.2, 0.25) is 0 Å². The molecule has 1 aliphatic heterocycles. The van der Waals surface area contributed by atoms with Crippen LogP contribution in [0.1, 0.15) is 24.8 Å². The first-order valence-corrected chi connectivity index (χ1v) is 7.82. The Kier molecular flexibility index (Phi) is 4.78. The van der Waals surface area contributed by atoms with Gasteiger partial charge < -0.3 is 14.2 Å². The molecule has 4 nitrogen and oxygen atoms in total. The van der Waals surface area contributed by atoms with Crippen molar-refractivity contribution >= 4 is 0 Å². The van der Waals surface area contributed by atoms with Crippen LogP contribution in [0, 0.1) is 0 Å². The Bertz CT molecular complexity index is 465. The normalized spacial score (nSPS) is 29.9. The quantitative estimate of drug-likeness (QED) is 0.852. The first-order chi connectivity index (χ1) is 10.3. The average molecular weight is 291 g/mol. The van der Waals surface area contributed by atoms with Crippen LogP contribution in [-0.2, 0) is 16.0 Å². The zero-order valence-electron chi connectivity index (χ0n) is 13.0. The standard InChI is InChI=1S/C17H25NO3/c1-19-14-7-8-17-15(11-14)18(9-10-21-17)12-13-5-3-4-6-16(13)20-2/h3-6,14-15,17H,7-12H2,1-2H3/t14-,15-,17+/m0/s1. The highest BCUT2D eigenvalue weighted by Gasteiger charge is 2.37. The fourth-order valence-corrected chi connectivity index (χ4v) is 3.61. The molecule has 1 aromatic rings. The van der Waals surface area contributed by atoms with Gasteiger partial charge in [0.05, 0.1) is 25.9 Å². The summed E-state index contributed by atoms with van der Waals surface area (Å²) >= 11 is 0. The second kappa shape index (κ2) is 6.77. The lowest BCUT2D eigenvalue weighted by Crippen LogP contribution is -2.54. The summed E-state index contributed by atoms with van der Waals surface area (Å²) in [6.45, 7) is 2.73. The van der Waals surface area contributed by atoms with Gasteiger partial charge in [-0.15, -0.1) is 0 Å². The van der Waals surface area contributed by atoms with Crippen molar-refractivity contribution in [3.63, 3.8) is 0 Å². The van der Waals surface area contributed by atoms with Gasteiger partial charge in [0.1, 0.15) is 5.75 Å². The lowest BCUT2D eigenvalue weighted by atomic mass is 9.87. The SMILES string of the molecule is COc1ccccc1CN1CCO[C@@H]2CC[C@H](OC)C[C@@H]21. The number of morpholine rings is 1. The molecule has 0 amide bonds. The van der Waals surface area contributed by atoms with Gasteiger partial charge in [-0.05, 0) is 25.3 Å². The molecule has 0 unspecified atom stereocenters. The van der Waals surface area contributed by atoms with Crippen molar-refractivity contribution in [1.29, 1.82) is 0 Å². The van der Waals surface area contributed by atoms with E-state index in [-0.39, 0.29) is 0 Å². The zero-order chi connectivity index (χ0) is 14.7. The van der Waals surface area contributed by atoms with Crippen LogP contribution in [-0.4, -0.2) is 50.5 Å². The minimum absolute atomic E-state index is 0.361. The zero-order valence-corrected chi connectivity index (χ0v) is 13.0. The molecule has 0 aromatic heterocycles. The topological polar surface area (TPSA) is 30.9 Å². The summed E-state index contributed by atoms with van der Waals surface area (Å²) < 4.78 is 17.0. The molecule has 0 bridgehead atoms. The van der Waals surface area contributed by atoms with E-state index in [4.69, 9.17) is 14.2 Å². The molecule has 2 fully saturated rings. The first kappa shape index (κ1) is 14.8. The molecule has 21 heavy (non-hydrogen) atoms. The molecule has 116 valence electrons. The van der Waals surface area contributed by atoms with Crippen LogP contribution >= 0.6 is 0 Å². The van der Waals surface area contributed by atoms with Crippen molar-refractivity contribution < 1.29 is 14.2 Å². The molecule has 3 rings (SSSR count). The first-order valence-electron chi connectivity index (χ1n) is 7.82. The smallest absolute Gasteiger partial charge is 0.123 e. The van der Waals surface area contributed by atoms with Gasteiger partial charge in [-0.2, -0.15) is 0 Å².